The molecule has 0 radical (unpaired) electrons. The largest absolute Gasteiger partial charge is 0.482 e. The van der Waals surface area contributed by atoms with Crippen LogP contribution in [0, 0.1) is 12.7 Å². The van der Waals surface area contributed by atoms with Gasteiger partial charge in [-0.05, 0) is 24.2 Å². The minimum atomic E-state index is -1.01. The third kappa shape index (κ3) is 3.67. The molecule has 1 heterocycles. The Balaban J connectivity index is 2.64. The Hall–Kier alpha value is -2.94. The van der Waals surface area contributed by atoms with Crippen molar-refractivity contribution in [2.75, 3.05) is 7.11 Å². The highest BCUT2D eigenvalue weighted by atomic mass is 35.5. The van der Waals surface area contributed by atoms with Crippen molar-refractivity contribution < 1.29 is 18.8 Å². The van der Waals surface area contributed by atoms with Gasteiger partial charge in [-0.25, -0.2) is 18.5 Å². The highest BCUT2D eigenvalue weighted by Crippen LogP contribution is 2.23. The lowest BCUT2D eigenvalue weighted by atomic mass is 10.2. The van der Waals surface area contributed by atoms with E-state index in [9.17, 15) is 18.8 Å². The van der Waals surface area contributed by atoms with Gasteiger partial charge in [0.25, 0.3) is 5.56 Å². The van der Waals surface area contributed by atoms with E-state index in [1.807, 2.05) is 0 Å². The highest BCUT2D eigenvalue weighted by molar-refractivity contribution is 6.33. The molecule has 0 spiro atoms. The highest BCUT2D eigenvalue weighted by Gasteiger charge is 2.20. The molecule has 2 aromatic rings. The van der Waals surface area contributed by atoms with E-state index >= 15 is 0 Å². The third-order valence-corrected chi connectivity index (χ3v) is 3.92. The van der Waals surface area contributed by atoms with Gasteiger partial charge in [-0.1, -0.05) is 11.6 Å². The molecule has 0 fully saturated rings. The van der Waals surface area contributed by atoms with E-state index in [4.69, 9.17) is 16.3 Å². The summed E-state index contributed by atoms with van der Waals surface area (Å²) < 4.78 is 20.8. The molecule has 138 valence electrons. The van der Waals surface area contributed by atoms with Gasteiger partial charge in [0.05, 0.1) is 23.4 Å². The number of hydrogen-bond donors (Lipinski definition) is 0. The topological polar surface area (TPSA) is 91.9 Å². The van der Waals surface area contributed by atoms with Crippen LogP contribution in [0.2, 0.25) is 5.02 Å². The minimum absolute atomic E-state index is 0.0698. The number of halogens is 2. The summed E-state index contributed by atoms with van der Waals surface area (Å²) in [6.45, 7) is 3.00. The fourth-order valence-corrected chi connectivity index (χ4v) is 2.24. The van der Waals surface area contributed by atoms with E-state index in [0.29, 0.717) is 10.3 Å². The molecule has 26 heavy (non-hydrogen) atoms. The molecule has 0 aliphatic heterocycles. The first-order valence-corrected chi connectivity index (χ1v) is 7.64. The molecular formula is C16H15ClFN3O5. The van der Waals surface area contributed by atoms with Gasteiger partial charge in [0, 0.05) is 25.7 Å². The maximum atomic E-state index is 14.3. The van der Waals surface area contributed by atoms with Crippen LogP contribution in [-0.2, 0) is 16.6 Å². The number of aromatic nitrogens is 2. The molecule has 0 saturated carbocycles. The summed E-state index contributed by atoms with van der Waals surface area (Å²) in [7, 11) is 2.76. The first-order valence-electron chi connectivity index (χ1n) is 7.26. The Bertz CT molecular complexity index is 1030. The summed E-state index contributed by atoms with van der Waals surface area (Å²) in [6.07, 6.45) is 0. The Morgan fingerprint density at radius 1 is 1.27 bits per heavy atom. The number of ether oxygens (including phenoxy) is 1. The molecule has 0 aliphatic rings. The molecule has 8 nitrogen and oxygen atoms in total. The van der Waals surface area contributed by atoms with E-state index in [1.165, 1.54) is 31.7 Å². The van der Waals surface area contributed by atoms with Gasteiger partial charge in [0.1, 0.15) is 5.82 Å². The molecule has 0 amide bonds. The molecule has 1 aromatic carbocycles. The number of hydrogen-bond acceptors (Lipinski definition) is 6. The second-order valence-corrected chi connectivity index (χ2v) is 5.68. The predicted molar refractivity (Wildman–Crippen MR) is 92.5 cm³/mol. The Kier molecular flexibility index (Phi) is 5.61. The average molecular weight is 384 g/mol. The van der Waals surface area contributed by atoms with Crippen molar-refractivity contribution in [1.82, 2.24) is 9.13 Å². The van der Waals surface area contributed by atoms with Gasteiger partial charge in [-0.2, -0.15) is 0 Å². The van der Waals surface area contributed by atoms with Crippen molar-refractivity contribution in [2.45, 2.75) is 13.8 Å². The number of methoxy groups -OCH3 is 1. The van der Waals surface area contributed by atoms with Crippen molar-refractivity contribution in [2.24, 2.45) is 12.2 Å². The van der Waals surface area contributed by atoms with Gasteiger partial charge in [0.15, 0.2) is 0 Å². The van der Waals surface area contributed by atoms with Crippen molar-refractivity contribution >= 4 is 23.5 Å². The van der Waals surface area contributed by atoms with Crippen LogP contribution >= 0.6 is 11.6 Å². The second kappa shape index (κ2) is 7.52. The molecule has 2 rings (SSSR count). The van der Waals surface area contributed by atoms with Crippen molar-refractivity contribution in [3.05, 3.63) is 61.1 Å². The average Bonchev–Trinajstić information content (AvgIpc) is 2.59. The fraction of sp³-hybridized carbons (Fsp3) is 0.250. The van der Waals surface area contributed by atoms with Gasteiger partial charge in [0.2, 0.25) is 5.90 Å². The van der Waals surface area contributed by atoms with Crippen LogP contribution in [0.3, 0.4) is 0 Å². The summed E-state index contributed by atoms with van der Waals surface area (Å²) in [5, 5.41) is 3.14. The van der Waals surface area contributed by atoms with E-state index in [2.05, 4.69) is 9.99 Å². The summed E-state index contributed by atoms with van der Waals surface area (Å²) >= 11 is 5.88. The van der Waals surface area contributed by atoms with E-state index in [0.717, 1.165) is 12.1 Å². The van der Waals surface area contributed by atoms with Crippen LogP contribution in [0.25, 0.3) is 5.69 Å². The van der Waals surface area contributed by atoms with E-state index in [1.54, 1.807) is 6.92 Å². The number of oxime groups is 1. The van der Waals surface area contributed by atoms with Crippen LogP contribution in [0.4, 0.5) is 4.39 Å². The van der Waals surface area contributed by atoms with Crippen LogP contribution in [-0.4, -0.2) is 28.1 Å². The number of carbonyl (C=O) groups excluding carboxylic acids is 1. The van der Waals surface area contributed by atoms with E-state index < -0.39 is 28.7 Å². The lowest BCUT2D eigenvalue weighted by Crippen LogP contribution is -2.38. The maximum absolute atomic E-state index is 14.3. The minimum Gasteiger partial charge on any atom is -0.482 e. The van der Waals surface area contributed by atoms with Gasteiger partial charge in [-0.3, -0.25) is 4.79 Å². The Labute approximate surface area is 152 Å². The summed E-state index contributed by atoms with van der Waals surface area (Å²) in [5.41, 5.74) is -1.83. The number of benzene rings is 1. The second-order valence-electron chi connectivity index (χ2n) is 5.28. The molecule has 0 unspecified atom stereocenters. The lowest BCUT2D eigenvalue weighted by Gasteiger charge is -2.12. The molecule has 0 atom stereocenters. The van der Waals surface area contributed by atoms with Crippen molar-refractivity contribution in [1.29, 1.82) is 0 Å². The lowest BCUT2D eigenvalue weighted by molar-refractivity contribution is 0.0504. The first-order chi connectivity index (χ1) is 12.2. The molecule has 0 bridgehead atoms. The summed E-state index contributed by atoms with van der Waals surface area (Å²) in [5.74, 6) is -1.89. The zero-order valence-corrected chi connectivity index (χ0v) is 15.1. The molecule has 0 N–H and O–H groups in total. The zero-order chi connectivity index (χ0) is 19.6. The molecule has 0 aliphatic carbocycles. The maximum Gasteiger partial charge on any atom is 0.367 e. The normalized spacial score (nSPS) is 11.4. The number of nitrogens with zero attached hydrogens (tertiary/aromatic N) is 3. The third-order valence-electron chi connectivity index (χ3n) is 3.61. The van der Waals surface area contributed by atoms with Gasteiger partial charge < -0.3 is 14.1 Å². The zero-order valence-electron chi connectivity index (χ0n) is 14.4. The van der Waals surface area contributed by atoms with Crippen molar-refractivity contribution in [3.8, 4) is 5.69 Å². The monoisotopic (exact) mass is 383 g/mol. The SMILES string of the molecule is COC(C)=NOC(=O)c1cc(-n2c(=O)cc(C)n(C)c2=O)c(F)cc1Cl. The molecule has 0 saturated heterocycles. The fourth-order valence-electron chi connectivity index (χ4n) is 2.01. The van der Waals surface area contributed by atoms with E-state index in [-0.39, 0.29) is 16.5 Å². The summed E-state index contributed by atoms with van der Waals surface area (Å²) in [4.78, 5) is 41.3. The standard InChI is InChI=1S/C16H15ClFN3O5/c1-8-5-14(22)21(16(24)20(8)3)13-6-10(11(17)7-12(13)18)15(23)26-19-9(2)25-4/h5-7H,1-4H3. The molecule has 10 heteroatoms. The summed E-state index contributed by atoms with van der Waals surface area (Å²) in [6, 6.07) is 2.93. The number of aryl methyl sites for hydroxylation is 1. The van der Waals surface area contributed by atoms with Crippen molar-refractivity contribution in [3.63, 3.8) is 0 Å². The Morgan fingerprint density at radius 3 is 2.54 bits per heavy atom. The van der Waals surface area contributed by atoms with Crippen LogP contribution in [0.15, 0.2) is 32.9 Å². The smallest absolute Gasteiger partial charge is 0.367 e. The number of rotatable bonds is 3. The number of carbonyl (C=O) groups is 1. The first kappa shape index (κ1) is 19.4. The van der Waals surface area contributed by atoms with Crippen LogP contribution < -0.4 is 11.2 Å². The van der Waals surface area contributed by atoms with Gasteiger partial charge >= 0.3 is 11.7 Å². The Morgan fingerprint density at radius 2 is 1.92 bits per heavy atom. The van der Waals surface area contributed by atoms with Crippen LogP contribution in [0.5, 0.6) is 0 Å². The molecular weight excluding hydrogens is 369 g/mol. The predicted octanol–water partition coefficient (Wildman–Crippen LogP) is 1.77. The van der Waals surface area contributed by atoms with Gasteiger partial charge in [-0.15, -0.1) is 0 Å². The quantitative estimate of drug-likeness (QED) is 0.348. The molecule has 1 aromatic heterocycles. The van der Waals surface area contributed by atoms with Crippen LogP contribution in [0.1, 0.15) is 23.0 Å².